The van der Waals surface area contributed by atoms with Crippen LogP contribution in [0.3, 0.4) is 0 Å². The molecule has 0 aliphatic carbocycles. The number of nitrogens with zero attached hydrogens (tertiary/aromatic N) is 2. The van der Waals surface area contributed by atoms with E-state index in [1.807, 2.05) is 42.5 Å². The molecule has 10 heteroatoms. The molecule has 0 unspecified atom stereocenters. The summed E-state index contributed by atoms with van der Waals surface area (Å²) in [6, 6.07) is 13.9. The van der Waals surface area contributed by atoms with Crippen LogP contribution in [0.25, 0.3) is 10.8 Å². The van der Waals surface area contributed by atoms with Gasteiger partial charge >= 0.3 is 0 Å². The van der Waals surface area contributed by atoms with Crippen LogP contribution in [-0.4, -0.2) is 54.5 Å². The Morgan fingerprint density at radius 3 is 2.69 bits per heavy atom. The van der Waals surface area contributed by atoms with E-state index in [2.05, 4.69) is 20.5 Å². The van der Waals surface area contributed by atoms with Crippen molar-refractivity contribution in [1.82, 2.24) is 9.88 Å². The van der Waals surface area contributed by atoms with Crippen LogP contribution in [-0.2, 0) is 9.53 Å². The highest BCUT2D eigenvalue weighted by Gasteiger charge is 2.20. The van der Waals surface area contributed by atoms with Crippen LogP contribution in [0.1, 0.15) is 10.5 Å². The zero-order valence-electron chi connectivity index (χ0n) is 17.1. The maximum Gasteiger partial charge on any atom is 0.270 e. The summed E-state index contributed by atoms with van der Waals surface area (Å²) in [6.07, 6.45) is 1.64. The van der Waals surface area contributed by atoms with Crippen LogP contribution in [0.5, 0.6) is 0 Å². The van der Waals surface area contributed by atoms with Gasteiger partial charge in [0.15, 0.2) is 10.8 Å². The van der Waals surface area contributed by atoms with Crippen LogP contribution >= 0.6 is 22.9 Å². The summed E-state index contributed by atoms with van der Waals surface area (Å²) in [4.78, 5) is 30.8. The summed E-state index contributed by atoms with van der Waals surface area (Å²) in [7, 11) is 0. The lowest BCUT2D eigenvalue weighted by Crippen LogP contribution is -2.36. The van der Waals surface area contributed by atoms with Crippen molar-refractivity contribution in [2.75, 3.05) is 43.5 Å². The van der Waals surface area contributed by atoms with E-state index in [9.17, 15) is 9.59 Å². The van der Waals surface area contributed by atoms with Gasteiger partial charge in [-0.05, 0) is 29.0 Å². The topological polar surface area (TPSA) is 110 Å². The molecule has 0 bridgehead atoms. The van der Waals surface area contributed by atoms with E-state index >= 15 is 0 Å². The highest BCUT2D eigenvalue weighted by molar-refractivity contribution is 7.20. The predicted octanol–water partition coefficient (Wildman–Crippen LogP) is 3.53. The van der Waals surface area contributed by atoms with E-state index in [4.69, 9.17) is 22.1 Å². The molecule has 2 heterocycles. The van der Waals surface area contributed by atoms with E-state index in [1.165, 1.54) is 0 Å². The summed E-state index contributed by atoms with van der Waals surface area (Å²) in [5, 5.41) is 8.69. The van der Waals surface area contributed by atoms with Crippen molar-refractivity contribution in [2.45, 2.75) is 0 Å². The Morgan fingerprint density at radius 2 is 1.94 bits per heavy atom. The average molecular weight is 472 g/mol. The van der Waals surface area contributed by atoms with Crippen molar-refractivity contribution in [1.29, 1.82) is 0 Å². The van der Waals surface area contributed by atoms with E-state index in [-0.39, 0.29) is 15.7 Å². The molecule has 166 valence electrons. The number of carbonyl (C=O) groups is 2. The minimum absolute atomic E-state index is 0.0238. The first-order valence-electron chi connectivity index (χ1n) is 10.0. The number of anilines is 3. The number of hydrogen-bond acceptors (Lipinski definition) is 7. The van der Waals surface area contributed by atoms with Gasteiger partial charge in [-0.3, -0.25) is 14.5 Å². The number of morpholine rings is 1. The normalized spacial score (nSPS) is 15.0. The zero-order chi connectivity index (χ0) is 22.5. The van der Waals surface area contributed by atoms with E-state index in [0.717, 1.165) is 40.9 Å². The van der Waals surface area contributed by atoms with Crippen molar-refractivity contribution >= 4 is 61.3 Å². The highest BCUT2D eigenvalue weighted by atomic mass is 35.5. The van der Waals surface area contributed by atoms with Crippen LogP contribution in [0.2, 0.25) is 0 Å². The number of rotatable bonds is 7. The lowest BCUT2D eigenvalue weighted by Gasteiger charge is -2.25. The van der Waals surface area contributed by atoms with Gasteiger partial charge in [-0.15, -0.1) is 0 Å². The molecule has 1 fully saturated rings. The number of fused-ring (bicyclic) bond motifs is 1. The second kappa shape index (κ2) is 10.1. The van der Waals surface area contributed by atoms with E-state index < -0.39 is 11.8 Å². The Balaban J connectivity index is 1.47. The monoisotopic (exact) mass is 471 g/mol. The number of halogens is 1. The van der Waals surface area contributed by atoms with Gasteiger partial charge in [-0.1, -0.05) is 53.3 Å². The fourth-order valence-electron chi connectivity index (χ4n) is 3.26. The van der Waals surface area contributed by atoms with Crippen LogP contribution in [0, 0.1) is 0 Å². The molecule has 0 saturated carbocycles. The molecule has 32 heavy (non-hydrogen) atoms. The number of benzene rings is 2. The second-order valence-electron chi connectivity index (χ2n) is 7.17. The van der Waals surface area contributed by atoms with Gasteiger partial charge in [0.2, 0.25) is 0 Å². The number of nitrogens with one attached hydrogen (secondary N) is 2. The SMILES string of the molecule is NC(=O)c1nc(Nc2ccc3ccccc3c2)sc1NC(=O)C(Cl)=CCN1CCOCC1. The summed E-state index contributed by atoms with van der Waals surface area (Å²) < 4.78 is 5.30. The Hall–Kier alpha value is -2.98. The summed E-state index contributed by atoms with van der Waals surface area (Å²) in [6.45, 7) is 3.43. The molecule has 8 nitrogen and oxygen atoms in total. The highest BCUT2D eigenvalue weighted by Crippen LogP contribution is 2.32. The van der Waals surface area contributed by atoms with Crippen molar-refractivity contribution < 1.29 is 14.3 Å². The quantitative estimate of drug-likeness (QED) is 0.455. The first-order valence-corrected chi connectivity index (χ1v) is 11.2. The van der Waals surface area contributed by atoms with Gasteiger partial charge in [0.25, 0.3) is 11.8 Å². The summed E-state index contributed by atoms with van der Waals surface area (Å²) in [5.41, 5.74) is 6.24. The molecule has 3 aromatic rings. The van der Waals surface area contributed by atoms with E-state index in [0.29, 0.717) is 24.9 Å². The van der Waals surface area contributed by atoms with Crippen molar-refractivity contribution in [3.05, 3.63) is 59.3 Å². The van der Waals surface area contributed by atoms with E-state index in [1.54, 1.807) is 6.08 Å². The number of carbonyl (C=O) groups excluding carboxylic acids is 2. The molecule has 0 radical (unpaired) electrons. The van der Waals surface area contributed by atoms with Crippen LogP contribution in [0.4, 0.5) is 15.8 Å². The molecule has 0 spiro atoms. The third kappa shape index (κ3) is 5.43. The Morgan fingerprint density at radius 1 is 1.19 bits per heavy atom. The Kier molecular flexibility index (Phi) is 7.01. The maximum absolute atomic E-state index is 12.5. The minimum atomic E-state index is -0.739. The number of nitrogens with two attached hydrogens (primary N) is 1. The van der Waals surface area contributed by atoms with Crippen molar-refractivity contribution in [3.8, 4) is 0 Å². The largest absolute Gasteiger partial charge is 0.379 e. The molecule has 2 aromatic carbocycles. The molecule has 4 N–H and O–H groups in total. The molecule has 1 saturated heterocycles. The van der Waals surface area contributed by atoms with Gasteiger partial charge in [0.05, 0.1) is 13.2 Å². The van der Waals surface area contributed by atoms with Crippen molar-refractivity contribution in [3.63, 3.8) is 0 Å². The van der Waals surface area contributed by atoms with Crippen LogP contribution in [0.15, 0.2) is 53.6 Å². The van der Waals surface area contributed by atoms with Gasteiger partial charge in [-0.2, -0.15) is 0 Å². The molecular formula is C22H22ClN5O3S. The molecule has 1 aliphatic heterocycles. The lowest BCUT2D eigenvalue weighted by atomic mass is 10.1. The maximum atomic E-state index is 12.5. The average Bonchev–Trinajstić information content (AvgIpc) is 3.20. The van der Waals surface area contributed by atoms with Gasteiger partial charge in [0.1, 0.15) is 10.0 Å². The first kappa shape index (κ1) is 22.2. The molecule has 1 aromatic heterocycles. The number of thiazole rings is 1. The number of hydrogen-bond donors (Lipinski definition) is 3. The number of aromatic nitrogens is 1. The number of primary amides is 1. The van der Waals surface area contributed by atoms with Crippen molar-refractivity contribution in [2.24, 2.45) is 5.73 Å². The molecular weight excluding hydrogens is 450 g/mol. The number of amides is 2. The van der Waals surface area contributed by atoms with Gasteiger partial charge in [-0.25, -0.2) is 4.98 Å². The third-order valence-corrected chi connectivity index (χ3v) is 6.15. The van der Waals surface area contributed by atoms with Gasteiger partial charge in [0, 0.05) is 25.3 Å². The smallest absolute Gasteiger partial charge is 0.270 e. The molecule has 1 aliphatic rings. The molecule has 4 rings (SSSR count). The number of ether oxygens (including phenoxy) is 1. The second-order valence-corrected chi connectivity index (χ2v) is 8.57. The minimum Gasteiger partial charge on any atom is -0.379 e. The predicted molar refractivity (Wildman–Crippen MR) is 128 cm³/mol. The van der Waals surface area contributed by atoms with Crippen LogP contribution < -0.4 is 16.4 Å². The molecule has 0 atom stereocenters. The zero-order valence-corrected chi connectivity index (χ0v) is 18.7. The summed E-state index contributed by atoms with van der Waals surface area (Å²) >= 11 is 7.28. The lowest BCUT2D eigenvalue weighted by molar-refractivity contribution is -0.112. The summed E-state index contributed by atoms with van der Waals surface area (Å²) in [5.74, 6) is -1.26. The standard InChI is InChI=1S/C22H22ClN5O3S/c23-17(7-8-28-9-11-31-12-10-28)20(30)27-21-18(19(24)29)26-22(32-21)25-16-6-5-14-3-1-2-4-15(14)13-16/h1-7,13H,8-12H2,(H2,24,29)(H,25,26)(H,27,30). The first-order chi connectivity index (χ1) is 15.5. The molecule has 2 amide bonds. The Bertz CT molecular complexity index is 1170. The Labute approximate surface area is 194 Å². The third-order valence-electron chi connectivity index (χ3n) is 4.94. The van der Waals surface area contributed by atoms with Gasteiger partial charge < -0.3 is 21.1 Å². The fraction of sp³-hybridized carbons (Fsp3) is 0.227. The fourth-order valence-corrected chi connectivity index (χ4v) is 4.27.